The van der Waals surface area contributed by atoms with Gasteiger partial charge in [0.05, 0.1) is 12.1 Å². The molecular formula is C13H24N2O2. The van der Waals surface area contributed by atoms with E-state index in [1.165, 1.54) is 0 Å². The van der Waals surface area contributed by atoms with Crippen LogP contribution >= 0.6 is 0 Å². The number of rotatable bonds is 2. The molecule has 2 unspecified atom stereocenters. The maximum atomic E-state index is 5.18. The zero-order chi connectivity index (χ0) is 12.8. The third-order valence-corrected chi connectivity index (χ3v) is 2.94. The van der Waals surface area contributed by atoms with Gasteiger partial charge in [-0.3, -0.25) is 4.99 Å². The van der Waals surface area contributed by atoms with Gasteiger partial charge in [-0.05, 0) is 11.8 Å². The molecule has 2 atom stereocenters. The van der Waals surface area contributed by atoms with Crippen LogP contribution in [0, 0.1) is 11.8 Å². The predicted octanol–water partition coefficient (Wildman–Crippen LogP) is 2.53. The Bertz CT molecular complexity index is 285. The van der Waals surface area contributed by atoms with E-state index in [4.69, 9.17) is 9.47 Å². The number of hydrogen-bond donors (Lipinski definition) is 0. The van der Waals surface area contributed by atoms with Crippen molar-refractivity contribution in [3.8, 4) is 0 Å². The molecule has 0 saturated carbocycles. The SMILES string of the molecule is CC(C)C1COC=N1.CC1=NC(C(C)C)CO1. The standard InChI is InChI=1S/C7H13NO.C6H11NO/c1-5(2)7-4-9-6(3)8-7;1-5(2)6-3-8-4-7-6/h5,7H,4H2,1-3H3;4-6H,3H2,1-2H3. The Labute approximate surface area is 104 Å². The molecule has 98 valence electrons. The van der Waals surface area contributed by atoms with Crippen LogP contribution in [-0.2, 0) is 9.47 Å². The van der Waals surface area contributed by atoms with E-state index < -0.39 is 0 Å². The van der Waals surface area contributed by atoms with Crippen LogP contribution in [0.2, 0.25) is 0 Å². The van der Waals surface area contributed by atoms with E-state index in [1.54, 1.807) is 6.40 Å². The van der Waals surface area contributed by atoms with Gasteiger partial charge in [-0.15, -0.1) is 0 Å². The van der Waals surface area contributed by atoms with E-state index in [0.29, 0.717) is 23.9 Å². The summed E-state index contributed by atoms with van der Waals surface area (Å²) in [5.74, 6) is 2.07. The highest BCUT2D eigenvalue weighted by Crippen LogP contribution is 2.12. The van der Waals surface area contributed by atoms with Gasteiger partial charge in [0.15, 0.2) is 12.3 Å². The van der Waals surface area contributed by atoms with Gasteiger partial charge in [0, 0.05) is 6.92 Å². The average Bonchev–Trinajstić information content (AvgIpc) is 2.87. The summed E-state index contributed by atoms with van der Waals surface area (Å²) in [7, 11) is 0. The lowest BCUT2D eigenvalue weighted by Crippen LogP contribution is -2.13. The number of hydrogen-bond acceptors (Lipinski definition) is 4. The minimum atomic E-state index is 0.407. The fourth-order valence-corrected chi connectivity index (χ4v) is 1.53. The van der Waals surface area contributed by atoms with Gasteiger partial charge in [-0.25, -0.2) is 4.99 Å². The minimum Gasteiger partial charge on any atom is -0.481 e. The van der Waals surface area contributed by atoms with Gasteiger partial charge >= 0.3 is 0 Å². The summed E-state index contributed by atoms with van der Waals surface area (Å²) < 4.78 is 10.1. The van der Waals surface area contributed by atoms with Gasteiger partial charge in [-0.1, -0.05) is 27.7 Å². The fraction of sp³-hybridized carbons (Fsp3) is 0.846. The molecule has 2 rings (SSSR count). The lowest BCUT2D eigenvalue weighted by Gasteiger charge is -2.06. The van der Waals surface area contributed by atoms with Crippen LogP contribution in [0.4, 0.5) is 0 Å². The van der Waals surface area contributed by atoms with Crippen molar-refractivity contribution in [1.82, 2.24) is 0 Å². The second kappa shape index (κ2) is 6.62. The molecule has 17 heavy (non-hydrogen) atoms. The van der Waals surface area contributed by atoms with Crippen LogP contribution in [0.15, 0.2) is 9.98 Å². The third kappa shape index (κ3) is 4.75. The molecule has 0 aromatic carbocycles. The molecule has 0 N–H and O–H groups in total. The van der Waals surface area contributed by atoms with E-state index in [1.807, 2.05) is 6.92 Å². The highest BCUT2D eigenvalue weighted by molar-refractivity contribution is 5.74. The molecule has 0 aromatic rings. The molecule has 0 aromatic heterocycles. The molecule has 2 aliphatic heterocycles. The summed E-state index contributed by atoms with van der Waals surface area (Å²) in [5, 5.41) is 0. The Hall–Kier alpha value is -1.06. The summed E-state index contributed by atoms with van der Waals surface area (Å²) >= 11 is 0. The highest BCUT2D eigenvalue weighted by atomic mass is 16.5. The monoisotopic (exact) mass is 240 g/mol. The van der Waals surface area contributed by atoms with Crippen molar-refractivity contribution >= 4 is 12.3 Å². The lowest BCUT2D eigenvalue weighted by molar-refractivity contribution is 0.289. The van der Waals surface area contributed by atoms with Crippen molar-refractivity contribution in [2.75, 3.05) is 13.2 Å². The van der Waals surface area contributed by atoms with Crippen LogP contribution in [0.25, 0.3) is 0 Å². The zero-order valence-corrected chi connectivity index (χ0v) is 11.5. The fourth-order valence-electron chi connectivity index (χ4n) is 1.53. The Kier molecular flexibility index (Phi) is 5.45. The Morgan fingerprint density at radius 3 is 2.00 bits per heavy atom. The van der Waals surface area contributed by atoms with Crippen molar-refractivity contribution in [3.63, 3.8) is 0 Å². The van der Waals surface area contributed by atoms with E-state index in [2.05, 4.69) is 37.7 Å². The second-order valence-corrected chi connectivity index (χ2v) is 5.17. The van der Waals surface area contributed by atoms with E-state index in [9.17, 15) is 0 Å². The molecule has 0 amide bonds. The van der Waals surface area contributed by atoms with Crippen LogP contribution in [0.3, 0.4) is 0 Å². The van der Waals surface area contributed by atoms with Crippen LogP contribution in [0.1, 0.15) is 34.6 Å². The van der Waals surface area contributed by atoms with E-state index in [0.717, 1.165) is 19.1 Å². The Balaban J connectivity index is 0.000000171. The topological polar surface area (TPSA) is 43.2 Å². The molecule has 2 heterocycles. The minimum absolute atomic E-state index is 0.407. The van der Waals surface area contributed by atoms with Crippen LogP contribution in [0.5, 0.6) is 0 Å². The number of ether oxygens (including phenoxy) is 2. The molecule has 0 radical (unpaired) electrons. The van der Waals surface area contributed by atoms with Gasteiger partial charge < -0.3 is 9.47 Å². The molecule has 0 aliphatic carbocycles. The Morgan fingerprint density at radius 1 is 1.12 bits per heavy atom. The lowest BCUT2D eigenvalue weighted by atomic mass is 10.1. The average molecular weight is 240 g/mol. The van der Waals surface area contributed by atoms with Crippen molar-refractivity contribution in [2.24, 2.45) is 21.8 Å². The molecule has 0 fully saturated rings. The van der Waals surface area contributed by atoms with Gasteiger partial charge in [-0.2, -0.15) is 0 Å². The summed E-state index contributed by atoms with van der Waals surface area (Å²) in [6, 6.07) is 0.819. The quantitative estimate of drug-likeness (QED) is 0.744. The zero-order valence-electron chi connectivity index (χ0n) is 11.5. The maximum Gasteiger partial charge on any atom is 0.180 e. The number of aliphatic imine (C=N–C) groups is 2. The Morgan fingerprint density at radius 2 is 1.76 bits per heavy atom. The van der Waals surface area contributed by atoms with E-state index in [-0.39, 0.29) is 0 Å². The smallest absolute Gasteiger partial charge is 0.180 e. The molecule has 4 nitrogen and oxygen atoms in total. The molecule has 4 heteroatoms. The molecule has 0 saturated heterocycles. The largest absolute Gasteiger partial charge is 0.481 e. The summed E-state index contributed by atoms with van der Waals surface area (Å²) in [6.07, 6.45) is 1.55. The van der Waals surface area contributed by atoms with Crippen molar-refractivity contribution in [3.05, 3.63) is 0 Å². The van der Waals surface area contributed by atoms with Crippen molar-refractivity contribution < 1.29 is 9.47 Å². The number of nitrogens with zero attached hydrogens (tertiary/aromatic N) is 2. The normalized spacial score (nSPS) is 26.4. The summed E-state index contributed by atoms with van der Waals surface area (Å²) in [5.41, 5.74) is 0. The first-order valence-electron chi connectivity index (χ1n) is 6.31. The van der Waals surface area contributed by atoms with Gasteiger partial charge in [0.1, 0.15) is 13.2 Å². The highest BCUT2D eigenvalue weighted by Gasteiger charge is 2.18. The van der Waals surface area contributed by atoms with Crippen molar-refractivity contribution in [2.45, 2.75) is 46.7 Å². The first kappa shape index (κ1) is 14.0. The van der Waals surface area contributed by atoms with Crippen LogP contribution < -0.4 is 0 Å². The summed E-state index contributed by atoms with van der Waals surface area (Å²) in [4.78, 5) is 8.37. The molecule has 0 spiro atoms. The van der Waals surface area contributed by atoms with E-state index >= 15 is 0 Å². The van der Waals surface area contributed by atoms with Gasteiger partial charge in [0.2, 0.25) is 0 Å². The predicted molar refractivity (Wildman–Crippen MR) is 70.8 cm³/mol. The molecular weight excluding hydrogens is 216 g/mol. The van der Waals surface area contributed by atoms with Crippen molar-refractivity contribution in [1.29, 1.82) is 0 Å². The third-order valence-electron chi connectivity index (χ3n) is 2.94. The first-order chi connectivity index (χ1) is 8.00. The van der Waals surface area contributed by atoms with Crippen LogP contribution in [-0.4, -0.2) is 37.6 Å². The first-order valence-corrected chi connectivity index (χ1v) is 6.31. The molecule has 0 bridgehead atoms. The molecule has 2 aliphatic rings. The summed E-state index contributed by atoms with van der Waals surface area (Å²) in [6.45, 7) is 12.1. The maximum absolute atomic E-state index is 5.18. The van der Waals surface area contributed by atoms with Gasteiger partial charge in [0.25, 0.3) is 0 Å². The second-order valence-electron chi connectivity index (χ2n) is 5.17.